The minimum absolute atomic E-state index is 0.178. The van der Waals surface area contributed by atoms with Gasteiger partial charge in [-0.1, -0.05) is 67.4 Å². The largest absolute Gasteiger partial charge is 0.480 e. The lowest BCUT2D eigenvalue weighted by Gasteiger charge is -2.65. The Morgan fingerprint density at radius 2 is 1.42 bits per heavy atom. The lowest BCUT2D eigenvalue weighted by molar-refractivity contribution is -0.210. The number of allylic oxidation sites excluding steroid dienone is 8. The van der Waals surface area contributed by atoms with Crippen LogP contribution in [-0.2, 0) is 23.9 Å². The number of ether oxygens (including phenoxy) is 1. The summed E-state index contributed by atoms with van der Waals surface area (Å²) in [5.74, 6) is -3.77. The van der Waals surface area contributed by atoms with Gasteiger partial charge in [-0.05, 0) is 105 Å². The van der Waals surface area contributed by atoms with Crippen molar-refractivity contribution >= 4 is 23.3 Å². The molecule has 0 radical (unpaired) electrons. The Morgan fingerprint density at radius 1 is 0.884 bits per heavy atom. The van der Waals surface area contributed by atoms with Crippen molar-refractivity contribution in [1.29, 1.82) is 0 Å². The number of hydrogen-bond donors (Lipinski definition) is 1. The predicted octanol–water partition coefficient (Wildman–Crippen LogP) is 8.26. The molecule has 1 N–H and O–H groups in total. The Labute approximate surface area is 260 Å². The molecule has 0 aromatic heterocycles. The highest BCUT2D eigenvalue weighted by Gasteiger charge is 2.78. The number of fused-ring (bicyclic) bond motifs is 2. The summed E-state index contributed by atoms with van der Waals surface area (Å²) in [6.07, 6.45) is 10.0. The van der Waals surface area contributed by atoms with Gasteiger partial charge in [0.1, 0.15) is 6.61 Å². The summed E-state index contributed by atoms with van der Waals surface area (Å²) in [7, 11) is 0. The van der Waals surface area contributed by atoms with Crippen molar-refractivity contribution < 1.29 is 29.0 Å². The molecule has 6 nitrogen and oxygen atoms in total. The van der Waals surface area contributed by atoms with Gasteiger partial charge in [-0.25, -0.2) is 4.79 Å². The average molecular weight is 597 g/mol. The van der Waals surface area contributed by atoms with Crippen LogP contribution in [-0.4, -0.2) is 41.1 Å². The van der Waals surface area contributed by atoms with Crippen LogP contribution >= 0.6 is 0 Å². The van der Waals surface area contributed by atoms with E-state index in [2.05, 4.69) is 12.2 Å². The van der Waals surface area contributed by atoms with Crippen LogP contribution in [0, 0.1) is 34.0 Å². The molecule has 6 atom stereocenters. The number of hydrogen-bond acceptors (Lipinski definition) is 5. The lowest BCUT2D eigenvalue weighted by Crippen LogP contribution is -2.76. The zero-order chi connectivity index (χ0) is 32.9. The van der Waals surface area contributed by atoms with E-state index in [0.717, 1.165) is 22.3 Å². The highest BCUT2D eigenvalue weighted by atomic mass is 16.5. The molecular formula is C37H56O6. The monoisotopic (exact) mass is 596 g/mol. The predicted molar refractivity (Wildman–Crippen MR) is 173 cm³/mol. The van der Waals surface area contributed by atoms with Crippen LogP contribution in [0.3, 0.4) is 0 Å². The van der Waals surface area contributed by atoms with Crippen molar-refractivity contribution in [3.63, 3.8) is 0 Å². The fourth-order valence-corrected chi connectivity index (χ4v) is 7.57. The van der Waals surface area contributed by atoms with Gasteiger partial charge in [0.15, 0.2) is 22.8 Å². The number of Topliss-reactive ketones (excluding diaryl/α,β-unsaturated/α-hetero) is 3. The lowest BCUT2D eigenvalue weighted by atomic mass is 9.35. The molecule has 0 aliphatic heterocycles. The third-order valence-electron chi connectivity index (χ3n) is 9.74. The molecule has 43 heavy (non-hydrogen) atoms. The van der Waals surface area contributed by atoms with E-state index in [1.165, 1.54) is 0 Å². The third kappa shape index (κ3) is 7.21. The third-order valence-corrected chi connectivity index (χ3v) is 9.74. The van der Waals surface area contributed by atoms with Crippen LogP contribution in [0.1, 0.15) is 115 Å². The van der Waals surface area contributed by atoms with E-state index >= 15 is 9.59 Å². The maximum absolute atomic E-state index is 15.4. The van der Waals surface area contributed by atoms with E-state index in [-0.39, 0.29) is 23.9 Å². The smallest absolute Gasteiger partial charge is 0.329 e. The SMILES string of the molecule is CC(C)=CCC[C@]1(C)[C@@H](CC=C(C)C)C[C@@]2(CC=C(C)C)C(=O)[C@]1(C(=O)C(C)C)C(=O)C(CC=C(C)C)C2OCC(=O)O. The fourth-order valence-electron chi connectivity index (χ4n) is 7.57. The summed E-state index contributed by atoms with van der Waals surface area (Å²) in [5.41, 5.74) is 0.276. The minimum Gasteiger partial charge on any atom is -0.480 e. The molecule has 2 unspecified atom stereocenters. The molecule has 2 aliphatic carbocycles. The highest BCUT2D eigenvalue weighted by Crippen LogP contribution is 2.68. The standard InChI is InChI=1S/C37H56O6/c1-23(2)13-12-19-35(11)28(16-14-24(3)4)21-36(20-18-26(7)8)33(43-22-30(38)39)29(17-15-25(5)6)32(41)37(35,34(36)42)31(40)27(9)10/h13-15,18,27-29,33H,12,16-17,19-22H2,1-11H3,(H,38,39)/t28-,29?,33?,35+,36+,37-/m0/s1. The molecule has 0 aromatic carbocycles. The molecule has 2 aliphatic rings. The normalized spacial score (nSPS) is 30.0. The van der Waals surface area contributed by atoms with Crippen molar-refractivity contribution in [3.05, 3.63) is 46.6 Å². The van der Waals surface area contributed by atoms with Crippen LogP contribution in [0.4, 0.5) is 0 Å². The van der Waals surface area contributed by atoms with E-state index < -0.39 is 52.5 Å². The van der Waals surface area contributed by atoms with Crippen LogP contribution in [0.5, 0.6) is 0 Å². The van der Waals surface area contributed by atoms with Gasteiger partial charge >= 0.3 is 5.97 Å². The Morgan fingerprint density at radius 3 is 1.91 bits per heavy atom. The Balaban J connectivity index is 3.12. The van der Waals surface area contributed by atoms with E-state index in [4.69, 9.17) is 4.74 Å². The zero-order valence-corrected chi connectivity index (χ0v) is 28.6. The molecule has 0 saturated heterocycles. The van der Waals surface area contributed by atoms with Crippen molar-refractivity contribution in [3.8, 4) is 0 Å². The minimum atomic E-state index is -1.85. The highest BCUT2D eigenvalue weighted by molar-refractivity contribution is 6.29. The molecule has 0 amide bonds. The van der Waals surface area contributed by atoms with Crippen LogP contribution in [0.2, 0.25) is 0 Å². The first kappa shape index (κ1) is 36.6. The summed E-state index contributed by atoms with van der Waals surface area (Å²) in [6.45, 7) is 20.9. The quantitative estimate of drug-likeness (QED) is 0.160. The Kier molecular flexibility index (Phi) is 12.3. The first-order valence-corrected chi connectivity index (χ1v) is 15.9. The summed E-state index contributed by atoms with van der Waals surface area (Å²) >= 11 is 0. The zero-order valence-electron chi connectivity index (χ0n) is 28.6. The maximum atomic E-state index is 15.4. The van der Waals surface area contributed by atoms with Crippen LogP contribution in [0.25, 0.3) is 0 Å². The van der Waals surface area contributed by atoms with Crippen molar-refractivity contribution in [2.75, 3.05) is 6.61 Å². The average Bonchev–Trinajstić information content (AvgIpc) is 2.88. The molecule has 0 heterocycles. The molecule has 2 bridgehead atoms. The maximum Gasteiger partial charge on any atom is 0.329 e. The topological polar surface area (TPSA) is 97.7 Å². The van der Waals surface area contributed by atoms with Gasteiger partial charge in [-0.15, -0.1) is 0 Å². The number of carboxylic acids is 1. The van der Waals surface area contributed by atoms with Gasteiger partial charge in [0.05, 0.1) is 11.5 Å². The molecule has 2 saturated carbocycles. The number of carbonyl (C=O) groups is 4. The Hall–Kier alpha value is -2.60. The molecule has 240 valence electrons. The van der Waals surface area contributed by atoms with Gasteiger partial charge in [-0.2, -0.15) is 0 Å². The molecule has 6 heteroatoms. The van der Waals surface area contributed by atoms with Gasteiger partial charge < -0.3 is 9.84 Å². The molecular weight excluding hydrogens is 540 g/mol. The van der Waals surface area contributed by atoms with Crippen LogP contribution < -0.4 is 0 Å². The van der Waals surface area contributed by atoms with Crippen LogP contribution in [0.15, 0.2) is 46.6 Å². The summed E-state index contributed by atoms with van der Waals surface area (Å²) in [6, 6.07) is 0. The second-order valence-corrected chi connectivity index (χ2v) is 14.5. The summed E-state index contributed by atoms with van der Waals surface area (Å²) < 4.78 is 6.16. The summed E-state index contributed by atoms with van der Waals surface area (Å²) in [4.78, 5) is 57.2. The first-order valence-electron chi connectivity index (χ1n) is 15.9. The Bertz CT molecular complexity index is 1200. The number of carbonyl (C=O) groups excluding carboxylic acids is 3. The van der Waals surface area contributed by atoms with Gasteiger partial charge in [0.2, 0.25) is 0 Å². The van der Waals surface area contributed by atoms with Gasteiger partial charge in [0.25, 0.3) is 0 Å². The second-order valence-electron chi connectivity index (χ2n) is 14.5. The molecule has 0 spiro atoms. The molecule has 0 aromatic rings. The fraction of sp³-hybridized carbons (Fsp3) is 0.676. The summed E-state index contributed by atoms with van der Waals surface area (Å²) in [5, 5.41) is 9.66. The second kappa shape index (κ2) is 14.5. The van der Waals surface area contributed by atoms with Crippen molar-refractivity contribution in [2.24, 2.45) is 34.0 Å². The van der Waals surface area contributed by atoms with E-state index in [1.807, 2.05) is 74.5 Å². The first-order chi connectivity index (χ1) is 19.9. The van der Waals surface area contributed by atoms with E-state index in [1.54, 1.807) is 13.8 Å². The van der Waals surface area contributed by atoms with E-state index in [0.29, 0.717) is 32.1 Å². The number of carboxylic acid groups (broad SMARTS) is 1. The van der Waals surface area contributed by atoms with Crippen molar-refractivity contribution in [1.82, 2.24) is 0 Å². The van der Waals surface area contributed by atoms with Gasteiger partial charge in [-0.3, -0.25) is 14.4 Å². The molecule has 2 fully saturated rings. The van der Waals surface area contributed by atoms with Gasteiger partial charge in [0, 0.05) is 11.8 Å². The van der Waals surface area contributed by atoms with Crippen molar-refractivity contribution in [2.45, 2.75) is 121 Å². The number of ketones is 3. The molecule has 2 rings (SSSR count). The van der Waals surface area contributed by atoms with E-state index in [9.17, 15) is 14.7 Å². The number of aliphatic carboxylic acids is 1. The number of rotatable bonds is 14.